The second kappa shape index (κ2) is 5.49. The van der Waals surface area contributed by atoms with E-state index in [1.165, 1.54) is 0 Å². The average molecular weight is 252 g/mol. The molecule has 5 heteroatoms. The second-order valence-electron chi connectivity index (χ2n) is 4.22. The maximum Gasteiger partial charge on any atom is 0.150 e. The lowest BCUT2D eigenvalue weighted by Gasteiger charge is -2.36. The number of benzene rings is 1. The van der Waals surface area contributed by atoms with E-state index in [-0.39, 0.29) is 5.76 Å². The van der Waals surface area contributed by atoms with Crippen LogP contribution in [0.2, 0.25) is 0 Å². The minimum Gasteiger partial charge on any atom is -0.487 e. The van der Waals surface area contributed by atoms with Gasteiger partial charge in [-0.15, -0.1) is 0 Å². The fourth-order valence-corrected chi connectivity index (χ4v) is 1.87. The van der Waals surface area contributed by atoms with Crippen molar-refractivity contribution in [2.24, 2.45) is 0 Å². The summed E-state index contributed by atoms with van der Waals surface area (Å²) in [6.45, 7) is -0.433. The van der Waals surface area contributed by atoms with Crippen molar-refractivity contribution in [1.82, 2.24) is 0 Å². The Morgan fingerprint density at radius 1 is 1.06 bits per heavy atom. The van der Waals surface area contributed by atoms with Crippen molar-refractivity contribution >= 4 is 6.08 Å². The Morgan fingerprint density at radius 3 is 2.33 bits per heavy atom. The molecule has 0 saturated carbocycles. The van der Waals surface area contributed by atoms with Crippen LogP contribution < -0.4 is 0 Å². The molecule has 98 valence electrons. The van der Waals surface area contributed by atoms with Crippen molar-refractivity contribution < 1.29 is 25.2 Å². The van der Waals surface area contributed by atoms with Crippen LogP contribution in [0.4, 0.5) is 0 Å². The van der Waals surface area contributed by atoms with Crippen LogP contribution in [-0.2, 0) is 4.74 Å². The molecule has 0 bridgehead atoms. The minimum absolute atomic E-state index is 0.137. The van der Waals surface area contributed by atoms with E-state index in [4.69, 9.17) is 9.84 Å². The molecular weight excluding hydrogens is 236 g/mol. The quantitative estimate of drug-likeness (QED) is 0.570. The largest absolute Gasteiger partial charge is 0.487 e. The fourth-order valence-electron chi connectivity index (χ4n) is 1.87. The molecule has 1 aliphatic heterocycles. The Hall–Kier alpha value is -1.40. The standard InChI is InChI=1S/C13H16O5/c14-7-10-12(16)13(17)11(15)9(18-10)6-8-4-2-1-3-5-8/h1-6,10-17H,7H2/b9-6-/t10-,11+,12-,13-/m1/s1. The first-order chi connectivity index (χ1) is 8.63. The van der Waals surface area contributed by atoms with Crippen molar-refractivity contribution in [1.29, 1.82) is 0 Å². The molecule has 1 heterocycles. The molecule has 1 aliphatic rings. The van der Waals surface area contributed by atoms with Crippen LogP contribution in [0, 0.1) is 0 Å². The first-order valence-corrected chi connectivity index (χ1v) is 5.72. The zero-order valence-corrected chi connectivity index (χ0v) is 9.68. The number of hydrogen-bond donors (Lipinski definition) is 4. The van der Waals surface area contributed by atoms with Gasteiger partial charge in [0.25, 0.3) is 0 Å². The van der Waals surface area contributed by atoms with Gasteiger partial charge in [0.1, 0.15) is 30.2 Å². The Bertz CT molecular complexity index is 415. The van der Waals surface area contributed by atoms with E-state index in [1.54, 1.807) is 6.08 Å². The molecule has 1 aromatic carbocycles. The fraction of sp³-hybridized carbons (Fsp3) is 0.385. The number of hydrogen-bond acceptors (Lipinski definition) is 5. The number of ether oxygens (including phenoxy) is 1. The second-order valence-corrected chi connectivity index (χ2v) is 4.22. The smallest absolute Gasteiger partial charge is 0.150 e. The number of aliphatic hydroxyl groups excluding tert-OH is 4. The lowest BCUT2D eigenvalue weighted by molar-refractivity contribution is -0.163. The van der Waals surface area contributed by atoms with E-state index in [2.05, 4.69) is 0 Å². The molecule has 18 heavy (non-hydrogen) atoms. The summed E-state index contributed by atoms with van der Waals surface area (Å²) in [6.07, 6.45) is -3.34. The Balaban J connectivity index is 2.24. The lowest BCUT2D eigenvalue weighted by Crippen LogP contribution is -2.52. The SMILES string of the molecule is OC[C@H]1O/C(=C\c2ccccc2)[C@H](O)[C@@H](O)[C@@H]1O. The minimum atomic E-state index is -1.37. The van der Waals surface area contributed by atoms with Gasteiger partial charge in [-0.3, -0.25) is 0 Å². The lowest BCUT2D eigenvalue weighted by atomic mass is 9.97. The summed E-state index contributed by atoms with van der Waals surface area (Å²) >= 11 is 0. The van der Waals surface area contributed by atoms with Gasteiger partial charge in [0.05, 0.1) is 6.61 Å². The molecule has 2 rings (SSSR count). The monoisotopic (exact) mass is 252 g/mol. The van der Waals surface area contributed by atoms with Crippen LogP contribution in [0.25, 0.3) is 6.08 Å². The van der Waals surface area contributed by atoms with E-state index in [9.17, 15) is 15.3 Å². The van der Waals surface area contributed by atoms with Crippen LogP contribution in [0.1, 0.15) is 5.56 Å². The molecule has 1 aromatic rings. The molecule has 1 saturated heterocycles. The Labute approximate surface area is 105 Å². The van der Waals surface area contributed by atoms with Crippen LogP contribution >= 0.6 is 0 Å². The molecule has 0 aromatic heterocycles. The van der Waals surface area contributed by atoms with Crippen LogP contribution in [-0.4, -0.2) is 51.4 Å². The van der Waals surface area contributed by atoms with Crippen LogP contribution in [0.15, 0.2) is 36.1 Å². The van der Waals surface area contributed by atoms with Crippen LogP contribution in [0.3, 0.4) is 0 Å². The number of rotatable bonds is 2. The zero-order valence-electron chi connectivity index (χ0n) is 9.68. The number of aliphatic hydroxyl groups is 4. The molecule has 0 spiro atoms. The first-order valence-electron chi connectivity index (χ1n) is 5.72. The maximum atomic E-state index is 9.80. The molecule has 0 amide bonds. The molecule has 0 unspecified atom stereocenters. The summed E-state index contributed by atoms with van der Waals surface area (Å²) in [5.74, 6) is 0.137. The van der Waals surface area contributed by atoms with Gasteiger partial charge in [0.15, 0.2) is 0 Å². The molecular formula is C13H16O5. The van der Waals surface area contributed by atoms with Crippen molar-refractivity contribution in [2.75, 3.05) is 6.61 Å². The Kier molecular flexibility index (Phi) is 3.98. The third kappa shape index (κ3) is 2.54. The Morgan fingerprint density at radius 2 is 1.72 bits per heavy atom. The summed E-state index contributed by atoms with van der Waals surface area (Å²) < 4.78 is 5.29. The third-order valence-electron chi connectivity index (χ3n) is 2.92. The predicted octanol–water partition coefficient (Wildman–Crippen LogP) is -0.499. The van der Waals surface area contributed by atoms with E-state index < -0.39 is 31.0 Å². The van der Waals surface area contributed by atoms with Gasteiger partial charge in [-0.05, 0) is 11.6 Å². The van der Waals surface area contributed by atoms with Gasteiger partial charge in [0.2, 0.25) is 0 Å². The highest BCUT2D eigenvalue weighted by Gasteiger charge is 2.40. The summed E-state index contributed by atoms with van der Waals surface area (Å²) in [5, 5.41) is 38.1. The van der Waals surface area contributed by atoms with E-state index in [1.807, 2.05) is 30.3 Å². The summed E-state index contributed by atoms with van der Waals surface area (Å²) in [5.41, 5.74) is 0.798. The molecule has 0 aliphatic carbocycles. The van der Waals surface area contributed by atoms with E-state index in [0.717, 1.165) is 5.56 Å². The topological polar surface area (TPSA) is 90.2 Å². The zero-order chi connectivity index (χ0) is 13.1. The predicted molar refractivity (Wildman–Crippen MR) is 64.4 cm³/mol. The molecule has 5 nitrogen and oxygen atoms in total. The highest BCUT2D eigenvalue weighted by molar-refractivity contribution is 5.52. The van der Waals surface area contributed by atoms with Gasteiger partial charge in [-0.1, -0.05) is 30.3 Å². The highest BCUT2D eigenvalue weighted by Crippen LogP contribution is 2.25. The average Bonchev–Trinajstić information content (AvgIpc) is 2.40. The molecule has 4 atom stereocenters. The van der Waals surface area contributed by atoms with Gasteiger partial charge >= 0.3 is 0 Å². The molecule has 4 N–H and O–H groups in total. The first kappa shape index (κ1) is 13.0. The van der Waals surface area contributed by atoms with Gasteiger partial charge in [-0.25, -0.2) is 0 Å². The summed E-state index contributed by atoms with van der Waals surface area (Å²) in [7, 11) is 0. The van der Waals surface area contributed by atoms with Crippen molar-refractivity contribution in [3.8, 4) is 0 Å². The highest BCUT2D eigenvalue weighted by atomic mass is 16.5. The van der Waals surface area contributed by atoms with Crippen LogP contribution in [0.5, 0.6) is 0 Å². The van der Waals surface area contributed by atoms with E-state index >= 15 is 0 Å². The normalized spacial score (nSPS) is 34.3. The summed E-state index contributed by atoms with van der Waals surface area (Å²) in [4.78, 5) is 0. The van der Waals surface area contributed by atoms with Crippen molar-refractivity contribution in [2.45, 2.75) is 24.4 Å². The van der Waals surface area contributed by atoms with Gasteiger partial charge in [-0.2, -0.15) is 0 Å². The summed E-state index contributed by atoms with van der Waals surface area (Å²) in [6, 6.07) is 9.14. The van der Waals surface area contributed by atoms with Gasteiger partial charge in [0, 0.05) is 0 Å². The van der Waals surface area contributed by atoms with E-state index in [0.29, 0.717) is 0 Å². The van der Waals surface area contributed by atoms with Crippen molar-refractivity contribution in [3.63, 3.8) is 0 Å². The third-order valence-corrected chi connectivity index (χ3v) is 2.92. The molecule has 0 radical (unpaired) electrons. The molecule has 1 fully saturated rings. The van der Waals surface area contributed by atoms with Gasteiger partial charge < -0.3 is 25.2 Å². The maximum absolute atomic E-state index is 9.80. The van der Waals surface area contributed by atoms with Crippen molar-refractivity contribution in [3.05, 3.63) is 41.7 Å².